The maximum atomic E-state index is 11.1. The number of carbonyl (C=O) groups is 1. The average Bonchev–Trinajstić information content (AvgIpc) is 2.46. The van der Waals surface area contributed by atoms with Gasteiger partial charge in [-0.25, -0.2) is 4.79 Å². The maximum Gasteiger partial charge on any atom is 0.336 e. The van der Waals surface area contributed by atoms with E-state index in [-0.39, 0.29) is 11.3 Å². The van der Waals surface area contributed by atoms with Crippen LogP contribution < -0.4 is 5.73 Å². The molecule has 96 valence electrons. The minimum Gasteiger partial charge on any atom is -0.478 e. The monoisotopic (exact) mass is 254 g/mol. The van der Waals surface area contributed by atoms with E-state index >= 15 is 0 Å². The maximum absolute atomic E-state index is 11.1. The number of nitrogens with two attached hydrogens (primary N) is 1. The molecule has 2 aromatic rings. The summed E-state index contributed by atoms with van der Waals surface area (Å²) in [6.45, 7) is 0. The summed E-state index contributed by atoms with van der Waals surface area (Å²) < 4.78 is 0. The molecule has 1 unspecified atom stereocenters. The van der Waals surface area contributed by atoms with Gasteiger partial charge in [0, 0.05) is 5.56 Å². The van der Waals surface area contributed by atoms with Crippen LogP contribution in [0.25, 0.3) is 0 Å². The van der Waals surface area contributed by atoms with Crippen molar-refractivity contribution < 1.29 is 9.90 Å². The molecule has 0 aliphatic rings. The quantitative estimate of drug-likeness (QED) is 0.732. The number of rotatable bonds is 4. The van der Waals surface area contributed by atoms with Crippen molar-refractivity contribution in [2.75, 3.05) is 0 Å². The Kier molecular flexibility index (Phi) is 3.73. The van der Waals surface area contributed by atoms with Crippen LogP contribution >= 0.6 is 0 Å². The van der Waals surface area contributed by atoms with Crippen LogP contribution in [0, 0.1) is 5.41 Å². The normalized spacial score (nSPS) is 11.8. The van der Waals surface area contributed by atoms with Gasteiger partial charge >= 0.3 is 5.97 Å². The summed E-state index contributed by atoms with van der Waals surface area (Å²) in [6, 6.07) is 15.0. The van der Waals surface area contributed by atoms with Crippen molar-refractivity contribution in [2.24, 2.45) is 5.73 Å². The molecule has 4 N–H and O–H groups in total. The van der Waals surface area contributed by atoms with Crippen LogP contribution in [0.5, 0.6) is 0 Å². The molecule has 0 amide bonds. The van der Waals surface area contributed by atoms with Crippen LogP contribution in [-0.2, 0) is 0 Å². The van der Waals surface area contributed by atoms with E-state index in [2.05, 4.69) is 0 Å². The predicted molar refractivity (Wildman–Crippen MR) is 73.6 cm³/mol. The Morgan fingerprint density at radius 3 is 2.11 bits per heavy atom. The summed E-state index contributed by atoms with van der Waals surface area (Å²) in [4.78, 5) is 11.1. The Bertz CT molecular complexity index is 609. The molecule has 4 heteroatoms. The van der Waals surface area contributed by atoms with E-state index in [4.69, 9.17) is 16.2 Å². The lowest BCUT2D eigenvalue weighted by molar-refractivity contribution is 0.0696. The number of carboxylic acid groups (broad SMARTS) is 1. The van der Waals surface area contributed by atoms with E-state index in [1.807, 2.05) is 30.3 Å². The first-order valence-corrected chi connectivity index (χ1v) is 5.83. The number of aromatic carboxylic acids is 1. The van der Waals surface area contributed by atoms with Gasteiger partial charge in [-0.1, -0.05) is 48.5 Å². The molecule has 4 nitrogen and oxygen atoms in total. The van der Waals surface area contributed by atoms with E-state index in [1.165, 1.54) is 6.07 Å². The highest BCUT2D eigenvalue weighted by atomic mass is 16.4. The molecule has 0 fully saturated rings. The molecule has 0 aliphatic carbocycles. The van der Waals surface area contributed by atoms with Gasteiger partial charge in [0.15, 0.2) is 0 Å². The van der Waals surface area contributed by atoms with Crippen molar-refractivity contribution in [1.29, 1.82) is 5.41 Å². The summed E-state index contributed by atoms with van der Waals surface area (Å²) in [7, 11) is 0. The third kappa shape index (κ3) is 2.69. The second-order valence-electron chi connectivity index (χ2n) is 4.15. The molecule has 2 aromatic carbocycles. The van der Waals surface area contributed by atoms with Gasteiger partial charge in [0.1, 0.15) is 0 Å². The van der Waals surface area contributed by atoms with Crippen LogP contribution in [0.3, 0.4) is 0 Å². The number of benzene rings is 2. The minimum absolute atomic E-state index is 0.0962. The first kappa shape index (κ1) is 13.0. The fraction of sp³-hybridized carbons (Fsp3) is 0.0667. The van der Waals surface area contributed by atoms with Crippen molar-refractivity contribution in [3.8, 4) is 0 Å². The first-order chi connectivity index (χ1) is 9.11. The van der Waals surface area contributed by atoms with Crippen LogP contribution in [0.4, 0.5) is 0 Å². The molecule has 0 heterocycles. The molecule has 2 rings (SSSR count). The van der Waals surface area contributed by atoms with Gasteiger partial charge in [0.25, 0.3) is 0 Å². The lowest BCUT2D eigenvalue weighted by Gasteiger charge is -2.15. The molecule has 1 atom stereocenters. The standard InChI is InChI=1S/C15H14N2O2/c16-13(10-6-2-1-3-7-10)14(17)11-8-4-5-9-12(11)15(18)19/h1-9,13,17H,16H2,(H,18,19). The smallest absolute Gasteiger partial charge is 0.336 e. The zero-order valence-electron chi connectivity index (χ0n) is 10.2. The summed E-state index contributed by atoms with van der Waals surface area (Å²) in [5.74, 6) is -1.05. The second-order valence-corrected chi connectivity index (χ2v) is 4.15. The van der Waals surface area contributed by atoms with Crippen LogP contribution in [0.2, 0.25) is 0 Å². The van der Waals surface area contributed by atoms with Gasteiger partial charge in [0.2, 0.25) is 0 Å². The van der Waals surface area contributed by atoms with Gasteiger partial charge in [0.05, 0.1) is 17.3 Å². The zero-order chi connectivity index (χ0) is 13.8. The Balaban J connectivity index is 2.38. The molecule has 0 bridgehead atoms. The summed E-state index contributed by atoms with van der Waals surface area (Å²) >= 11 is 0. The number of nitrogens with one attached hydrogen (secondary N) is 1. The summed E-state index contributed by atoms with van der Waals surface area (Å²) in [5, 5.41) is 17.2. The van der Waals surface area contributed by atoms with Gasteiger partial charge in [-0.15, -0.1) is 0 Å². The lowest BCUT2D eigenvalue weighted by Crippen LogP contribution is -2.23. The van der Waals surface area contributed by atoms with Crippen molar-refractivity contribution >= 4 is 11.7 Å². The molecule has 0 saturated carbocycles. The molecule has 0 saturated heterocycles. The summed E-state index contributed by atoms with van der Waals surface area (Å²) in [5.41, 5.74) is 7.36. The van der Waals surface area contributed by atoms with E-state index in [0.29, 0.717) is 5.56 Å². The average molecular weight is 254 g/mol. The highest BCUT2D eigenvalue weighted by molar-refractivity contribution is 6.09. The Labute approximate surface area is 111 Å². The Morgan fingerprint density at radius 2 is 1.53 bits per heavy atom. The fourth-order valence-corrected chi connectivity index (χ4v) is 1.90. The molecular formula is C15H14N2O2. The van der Waals surface area contributed by atoms with Crippen LogP contribution in [0.15, 0.2) is 54.6 Å². The van der Waals surface area contributed by atoms with Gasteiger partial charge in [-0.3, -0.25) is 0 Å². The zero-order valence-corrected chi connectivity index (χ0v) is 10.2. The van der Waals surface area contributed by atoms with E-state index in [9.17, 15) is 4.79 Å². The lowest BCUT2D eigenvalue weighted by atomic mass is 9.94. The van der Waals surface area contributed by atoms with E-state index in [0.717, 1.165) is 5.56 Å². The summed E-state index contributed by atoms with van der Waals surface area (Å²) in [6.07, 6.45) is 0. The Hall–Kier alpha value is -2.46. The molecule has 0 aromatic heterocycles. The van der Waals surface area contributed by atoms with Crippen molar-refractivity contribution in [1.82, 2.24) is 0 Å². The number of hydrogen-bond acceptors (Lipinski definition) is 3. The first-order valence-electron chi connectivity index (χ1n) is 5.83. The van der Waals surface area contributed by atoms with Gasteiger partial charge in [-0.05, 0) is 11.6 Å². The molecule has 0 aliphatic heterocycles. The highest BCUT2D eigenvalue weighted by Gasteiger charge is 2.19. The molecule has 0 radical (unpaired) electrons. The third-order valence-corrected chi connectivity index (χ3v) is 2.92. The third-order valence-electron chi connectivity index (χ3n) is 2.92. The number of carboxylic acids is 1. The van der Waals surface area contributed by atoms with Crippen molar-refractivity contribution in [3.05, 3.63) is 71.3 Å². The predicted octanol–water partition coefficient (Wildman–Crippen LogP) is 2.45. The highest BCUT2D eigenvalue weighted by Crippen LogP contribution is 2.18. The molecule has 19 heavy (non-hydrogen) atoms. The SMILES string of the molecule is N=C(c1ccccc1C(=O)O)C(N)c1ccccc1. The van der Waals surface area contributed by atoms with E-state index < -0.39 is 12.0 Å². The van der Waals surface area contributed by atoms with Crippen molar-refractivity contribution in [2.45, 2.75) is 6.04 Å². The van der Waals surface area contributed by atoms with Gasteiger partial charge < -0.3 is 16.2 Å². The molecular weight excluding hydrogens is 240 g/mol. The van der Waals surface area contributed by atoms with Crippen LogP contribution in [-0.4, -0.2) is 16.8 Å². The fourth-order valence-electron chi connectivity index (χ4n) is 1.90. The van der Waals surface area contributed by atoms with Crippen LogP contribution in [0.1, 0.15) is 27.5 Å². The topological polar surface area (TPSA) is 87.2 Å². The molecule has 0 spiro atoms. The van der Waals surface area contributed by atoms with E-state index in [1.54, 1.807) is 18.2 Å². The number of hydrogen-bond donors (Lipinski definition) is 3. The van der Waals surface area contributed by atoms with Gasteiger partial charge in [-0.2, -0.15) is 0 Å². The second kappa shape index (κ2) is 5.46. The van der Waals surface area contributed by atoms with Crippen molar-refractivity contribution in [3.63, 3.8) is 0 Å². The minimum atomic E-state index is -1.05. The largest absolute Gasteiger partial charge is 0.478 e. The Morgan fingerprint density at radius 1 is 1.00 bits per heavy atom.